The van der Waals surface area contributed by atoms with Gasteiger partial charge in [0.2, 0.25) is 0 Å². The highest BCUT2D eigenvalue weighted by Gasteiger charge is 2.15. The Morgan fingerprint density at radius 2 is 2.18 bits per heavy atom. The van der Waals surface area contributed by atoms with Gasteiger partial charge in [-0.2, -0.15) is 0 Å². The first-order chi connectivity index (χ1) is 10.7. The molecule has 0 aliphatic carbocycles. The molecule has 3 aromatic rings. The third-order valence-corrected chi connectivity index (χ3v) is 3.65. The molecule has 0 radical (unpaired) electrons. The highest BCUT2D eigenvalue weighted by atomic mass is 16.5. The Balaban J connectivity index is 1.83. The Labute approximate surface area is 128 Å². The van der Waals surface area contributed by atoms with E-state index in [1.165, 1.54) is 0 Å². The van der Waals surface area contributed by atoms with Crippen LogP contribution in [0.15, 0.2) is 42.6 Å². The second-order valence-corrected chi connectivity index (χ2v) is 5.04. The second kappa shape index (κ2) is 5.89. The van der Waals surface area contributed by atoms with Gasteiger partial charge in [0, 0.05) is 23.2 Å². The Bertz CT molecular complexity index is 809. The van der Waals surface area contributed by atoms with Crippen LogP contribution in [0.1, 0.15) is 21.7 Å². The van der Waals surface area contributed by atoms with Crippen molar-refractivity contribution in [1.29, 1.82) is 0 Å². The Kier molecular flexibility index (Phi) is 3.78. The standard InChI is InChI=1S/C17H17N3O2/c1-11-14-7-6-13(22-2)9-15(14)20-16(11)17(21)19-10-12-5-3-4-8-18-12/h3-9,20H,10H2,1-2H3,(H,19,21). The largest absolute Gasteiger partial charge is 0.497 e. The number of nitrogens with zero attached hydrogens (tertiary/aromatic N) is 1. The molecule has 0 fully saturated rings. The zero-order chi connectivity index (χ0) is 15.5. The molecule has 22 heavy (non-hydrogen) atoms. The molecule has 112 valence electrons. The lowest BCUT2D eigenvalue weighted by Crippen LogP contribution is -2.24. The van der Waals surface area contributed by atoms with Gasteiger partial charge in [0.15, 0.2) is 0 Å². The van der Waals surface area contributed by atoms with E-state index in [1.807, 2.05) is 43.3 Å². The molecule has 0 aliphatic rings. The van der Waals surface area contributed by atoms with Crippen molar-refractivity contribution < 1.29 is 9.53 Å². The number of rotatable bonds is 4. The van der Waals surface area contributed by atoms with Crippen molar-refractivity contribution in [3.63, 3.8) is 0 Å². The Morgan fingerprint density at radius 3 is 2.91 bits per heavy atom. The first kappa shape index (κ1) is 14.1. The zero-order valence-corrected chi connectivity index (χ0v) is 12.5. The number of hydrogen-bond acceptors (Lipinski definition) is 3. The van der Waals surface area contributed by atoms with Crippen LogP contribution in [-0.2, 0) is 6.54 Å². The Hall–Kier alpha value is -2.82. The SMILES string of the molecule is COc1ccc2c(C)c(C(=O)NCc3ccccn3)[nH]c2c1. The number of hydrogen-bond donors (Lipinski definition) is 2. The lowest BCUT2D eigenvalue weighted by atomic mass is 10.1. The number of fused-ring (bicyclic) bond motifs is 1. The number of nitrogens with one attached hydrogen (secondary N) is 2. The molecule has 0 unspecified atom stereocenters. The fourth-order valence-corrected chi connectivity index (χ4v) is 2.43. The molecule has 0 spiro atoms. The number of H-pyrrole nitrogens is 1. The molecule has 0 aliphatic heterocycles. The average molecular weight is 295 g/mol. The number of methoxy groups -OCH3 is 1. The number of aryl methyl sites for hydroxylation is 1. The maximum Gasteiger partial charge on any atom is 0.268 e. The van der Waals surface area contributed by atoms with E-state index in [-0.39, 0.29) is 5.91 Å². The van der Waals surface area contributed by atoms with Crippen molar-refractivity contribution in [1.82, 2.24) is 15.3 Å². The first-order valence-corrected chi connectivity index (χ1v) is 7.03. The van der Waals surface area contributed by atoms with E-state index < -0.39 is 0 Å². The number of carbonyl (C=O) groups is 1. The average Bonchev–Trinajstić information content (AvgIpc) is 2.90. The van der Waals surface area contributed by atoms with Crippen molar-refractivity contribution >= 4 is 16.8 Å². The van der Waals surface area contributed by atoms with E-state index in [1.54, 1.807) is 13.3 Å². The lowest BCUT2D eigenvalue weighted by Gasteiger charge is -2.04. The Morgan fingerprint density at radius 1 is 1.32 bits per heavy atom. The molecule has 0 atom stereocenters. The van der Waals surface area contributed by atoms with Crippen LogP contribution < -0.4 is 10.1 Å². The van der Waals surface area contributed by atoms with Crippen LogP contribution in [0, 0.1) is 6.92 Å². The summed E-state index contributed by atoms with van der Waals surface area (Å²) in [6.45, 7) is 2.33. The predicted molar refractivity (Wildman–Crippen MR) is 85.0 cm³/mol. The normalized spacial score (nSPS) is 10.6. The topological polar surface area (TPSA) is 67.0 Å². The van der Waals surface area contributed by atoms with E-state index in [2.05, 4.69) is 15.3 Å². The van der Waals surface area contributed by atoms with Crippen molar-refractivity contribution in [3.05, 3.63) is 59.5 Å². The molecule has 2 heterocycles. The van der Waals surface area contributed by atoms with Crippen molar-refractivity contribution in [2.24, 2.45) is 0 Å². The molecule has 5 nitrogen and oxygen atoms in total. The van der Waals surface area contributed by atoms with Gasteiger partial charge < -0.3 is 15.0 Å². The van der Waals surface area contributed by atoms with Crippen LogP contribution in [0.5, 0.6) is 5.75 Å². The van der Waals surface area contributed by atoms with Crippen molar-refractivity contribution in [2.75, 3.05) is 7.11 Å². The molecule has 2 N–H and O–H groups in total. The summed E-state index contributed by atoms with van der Waals surface area (Å²) in [6.07, 6.45) is 1.71. The van der Waals surface area contributed by atoms with E-state index in [9.17, 15) is 4.79 Å². The van der Waals surface area contributed by atoms with Crippen LogP contribution in [0.2, 0.25) is 0 Å². The monoisotopic (exact) mass is 295 g/mol. The third-order valence-electron chi connectivity index (χ3n) is 3.65. The summed E-state index contributed by atoms with van der Waals surface area (Å²) in [4.78, 5) is 19.7. The molecule has 2 aromatic heterocycles. The van der Waals surface area contributed by atoms with Crippen LogP contribution >= 0.6 is 0 Å². The van der Waals surface area contributed by atoms with Gasteiger partial charge in [-0.25, -0.2) is 0 Å². The van der Waals surface area contributed by atoms with E-state index in [4.69, 9.17) is 4.74 Å². The van der Waals surface area contributed by atoms with Gasteiger partial charge in [-0.15, -0.1) is 0 Å². The van der Waals surface area contributed by atoms with E-state index in [0.717, 1.165) is 27.9 Å². The molecule has 3 rings (SSSR count). The minimum absolute atomic E-state index is 0.140. The predicted octanol–water partition coefficient (Wildman–Crippen LogP) is 2.81. The quantitative estimate of drug-likeness (QED) is 0.777. The maximum atomic E-state index is 12.4. The fourth-order valence-electron chi connectivity index (χ4n) is 2.43. The summed E-state index contributed by atoms with van der Waals surface area (Å²) in [5.74, 6) is 0.618. The van der Waals surface area contributed by atoms with E-state index in [0.29, 0.717) is 12.2 Å². The van der Waals surface area contributed by atoms with Gasteiger partial charge in [0.05, 0.1) is 19.3 Å². The number of pyridine rings is 1. The number of ether oxygens (including phenoxy) is 1. The van der Waals surface area contributed by atoms with Crippen LogP contribution in [0.3, 0.4) is 0 Å². The van der Waals surface area contributed by atoms with Crippen LogP contribution in [0.25, 0.3) is 10.9 Å². The summed E-state index contributed by atoms with van der Waals surface area (Å²) in [6, 6.07) is 11.4. The molecular formula is C17H17N3O2. The molecule has 0 saturated heterocycles. The lowest BCUT2D eigenvalue weighted by molar-refractivity contribution is 0.0945. The number of amides is 1. The van der Waals surface area contributed by atoms with Crippen LogP contribution in [0.4, 0.5) is 0 Å². The summed E-state index contributed by atoms with van der Waals surface area (Å²) >= 11 is 0. The number of aromatic amines is 1. The third kappa shape index (κ3) is 2.65. The molecule has 1 aromatic carbocycles. The van der Waals surface area contributed by atoms with Gasteiger partial charge in [0.25, 0.3) is 5.91 Å². The second-order valence-electron chi connectivity index (χ2n) is 5.04. The highest BCUT2D eigenvalue weighted by Crippen LogP contribution is 2.25. The molecule has 5 heteroatoms. The molecule has 0 bridgehead atoms. The maximum absolute atomic E-state index is 12.4. The van der Waals surface area contributed by atoms with Gasteiger partial charge in [-0.3, -0.25) is 9.78 Å². The number of aromatic nitrogens is 2. The molecule has 1 amide bonds. The van der Waals surface area contributed by atoms with Gasteiger partial charge >= 0.3 is 0 Å². The van der Waals surface area contributed by atoms with Gasteiger partial charge in [0.1, 0.15) is 11.4 Å². The summed E-state index contributed by atoms with van der Waals surface area (Å²) in [5, 5.41) is 3.90. The number of benzene rings is 1. The molecular weight excluding hydrogens is 278 g/mol. The zero-order valence-electron chi connectivity index (χ0n) is 12.5. The van der Waals surface area contributed by atoms with Gasteiger partial charge in [-0.1, -0.05) is 6.07 Å². The van der Waals surface area contributed by atoms with Crippen molar-refractivity contribution in [2.45, 2.75) is 13.5 Å². The van der Waals surface area contributed by atoms with E-state index >= 15 is 0 Å². The van der Waals surface area contributed by atoms with Gasteiger partial charge in [-0.05, 0) is 36.8 Å². The smallest absolute Gasteiger partial charge is 0.268 e. The molecule has 0 saturated carbocycles. The summed E-state index contributed by atoms with van der Waals surface area (Å²) in [7, 11) is 1.62. The minimum atomic E-state index is -0.140. The summed E-state index contributed by atoms with van der Waals surface area (Å²) < 4.78 is 5.21. The summed E-state index contributed by atoms with van der Waals surface area (Å²) in [5.41, 5.74) is 3.21. The minimum Gasteiger partial charge on any atom is -0.497 e. The van der Waals surface area contributed by atoms with Crippen LogP contribution in [-0.4, -0.2) is 23.0 Å². The first-order valence-electron chi connectivity index (χ1n) is 7.03. The van der Waals surface area contributed by atoms with Crippen molar-refractivity contribution in [3.8, 4) is 5.75 Å². The highest BCUT2D eigenvalue weighted by molar-refractivity contribution is 6.01. The number of carbonyl (C=O) groups excluding carboxylic acids is 1. The fraction of sp³-hybridized carbons (Fsp3) is 0.176.